The number of amides is 3. The first kappa shape index (κ1) is 34.9. The number of carbonyl (C=O) groups excluding carboxylic acids is 3. The second kappa shape index (κ2) is 14.8. The first-order valence-corrected chi connectivity index (χ1v) is 16.5. The number of alkyl carbamates (subject to hydrolysis) is 1. The topological polar surface area (TPSA) is 182 Å². The Labute approximate surface area is 284 Å². The summed E-state index contributed by atoms with van der Waals surface area (Å²) < 4.78 is 5.33. The van der Waals surface area contributed by atoms with E-state index in [4.69, 9.17) is 4.74 Å². The van der Waals surface area contributed by atoms with Gasteiger partial charge in [0.15, 0.2) is 0 Å². The van der Waals surface area contributed by atoms with Crippen LogP contribution in [-0.4, -0.2) is 57.4 Å². The fraction of sp³-hybridized carbons (Fsp3) is 0.378. The van der Waals surface area contributed by atoms with E-state index in [1.54, 1.807) is 36.4 Å². The zero-order valence-corrected chi connectivity index (χ0v) is 28.1. The molecule has 12 heteroatoms. The fourth-order valence-corrected chi connectivity index (χ4v) is 6.19. The zero-order chi connectivity index (χ0) is 35.3. The van der Waals surface area contributed by atoms with Crippen molar-refractivity contribution in [2.45, 2.75) is 71.4 Å². The SMILES string of the molecule is Cc1cc(C(=O)O)ccc1-c1ccc(C[C@H](NC(=O)[C@H]2CC[C@H](CNC(=O)OC(C)(C)C)CC2)C(=O)Nc2ccc3c(=O)[nH][nH]c3c2)cc1. The smallest absolute Gasteiger partial charge is 0.407 e. The van der Waals surface area contributed by atoms with Crippen molar-refractivity contribution < 1.29 is 29.0 Å². The molecule has 258 valence electrons. The summed E-state index contributed by atoms with van der Waals surface area (Å²) in [6, 6.07) is 16.6. The molecule has 3 amide bonds. The molecule has 1 saturated carbocycles. The molecule has 1 aliphatic carbocycles. The molecule has 0 radical (unpaired) electrons. The van der Waals surface area contributed by atoms with Gasteiger partial charge in [0.25, 0.3) is 5.56 Å². The van der Waals surface area contributed by atoms with Gasteiger partial charge in [0.05, 0.1) is 16.5 Å². The first-order chi connectivity index (χ1) is 23.3. The second-order valence-electron chi connectivity index (χ2n) is 13.7. The van der Waals surface area contributed by atoms with Crippen molar-refractivity contribution in [3.63, 3.8) is 0 Å². The van der Waals surface area contributed by atoms with Crippen LogP contribution in [0.25, 0.3) is 22.0 Å². The average Bonchev–Trinajstić information content (AvgIpc) is 3.42. The number of benzene rings is 3. The Morgan fingerprint density at radius 2 is 1.65 bits per heavy atom. The lowest BCUT2D eigenvalue weighted by molar-refractivity contribution is -0.130. The molecule has 0 saturated heterocycles. The van der Waals surface area contributed by atoms with E-state index < -0.39 is 29.6 Å². The van der Waals surface area contributed by atoms with Crippen LogP contribution in [0.3, 0.4) is 0 Å². The largest absolute Gasteiger partial charge is 0.478 e. The standard InChI is InChI=1S/C37H43N5O7/c1-21-17-26(35(46)47)13-15-28(21)24-9-5-22(6-10-24)18-31(34(45)39-27-14-16-29-30(19-27)41-42-33(29)44)40-32(43)25-11-7-23(8-12-25)20-38-36(48)49-37(2,3)4/h5-6,9-10,13-17,19,23,25,31H,7-8,11-12,18,20H2,1-4H3,(H,38,48)(H,39,45)(H,40,43)(H,46,47)(H2,41,42,44)/t23-,25-,31-/m0/s1. The van der Waals surface area contributed by atoms with Gasteiger partial charge in [-0.05, 0) is 112 Å². The molecule has 3 aromatic carbocycles. The number of aromatic carboxylic acids is 1. The van der Waals surface area contributed by atoms with Crippen LogP contribution in [0, 0.1) is 18.8 Å². The molecule has 0 aliphatic heterocycles. The highest BCUT2D eigenvalue weighted by molar-refractivity contribution is 5.99. The highest BCUT2D eigenvalue weighted by Gasteiger charge is 2.30. The lowest BCUT2D eigenvalue weighted by Gasteiger charge is -2.29. The molecule has 49 heavy (non-hydrogen) atoms. The van der Waals surface area contributed by atoms with Crippen LogP contribution in [-0.2, 0) is 20.7 Å². The van der Waals surface area contributed by atoms with Crippen LogP contribution in [0.15, 0.2) is 65.5 Å². The van der Waals surface area contributed by atoms with Crippen LogP contribution in [0.2, 0.25) is 0 Å². The molecule has 0 bridgehead atoms. The van der Waals surface area contributed by atoms with Gasteiger partial charge >= 0.3 is 12.1 Å². The lowest BCUT2D eigenvalue weighted by Crippen LogP contribution is -2.48. The van der Waals surface area contributed by atoms with Gasteiger partial charge in [-0.1, -0.05) is 30.3 Å². The van der Waals surface area contributed by atoms with Crippen molar-refractivity contribution in [2.24, 2.45) is 11.8 Å². The van der Waals surface area contributed by atoms with Gasteiger partial charge in [0.2, 0.25) is 11.8 Å². The number of aromatic amines is 2. The molecule has 1 heterocycles. The van der Waals surface area contributed by atoms with Crippen molar-refractivity contribution in [3.05, 3.63) is 87.7 Å². The van der Waals surface area contributed by atoms with Crippen molar-refractivity contribution in [3.8, 4) is 11.1 Å². The third kappa shape index (κ3) is 9.16. The molecule has 0 unspecified atom stereocenters. The lowest BCUT2D eigenvalue weighted by atomic mass is 9.81. The van der Waals surface area contributed by atoms with Crippen molar-refractivity contribution in [1.29, 1.82) is 0 Å². The molecule has 4 aromatic rings. The minimum Gasteiger partial charge on any atom is -0.478 e. The normalized spacial score (nSPS) is 16.8. The minimum absolute atomic E-state index is 0.199. The van der Waals surface area contributed by atoms with E-state index >= 15 is 0 Å². The number of hydrogen-bond acceptors (Lipinski definition) is 6. The van der Waals surface area contributed by atoms with Gasteiger partial charge in [0, 0.05) is 24.6 Å². The Kier molecular flexibility index (Phi) is 10.5. The highest BCUT2D eigenvalue weighted by atomic mass is 16.6. The molecule has 1 atom stereocenters. The Morgan fingerprint density at radius 3 is 2.31 bits per heavy atom. The number of ether oxygens (including phenoxy) is 1. The third-order valence-electron chi connectivity index (χ3n) is 8.81. The number of carbonyl (C=O) groups is 4. The molecule has 1 aromatic heterocycles. The van der Waals surface area contributed by atoms with Gasteiger partial charge < -0.3 is 25.8 Å². The maximum atomic E-state index is 13.7. The van der Waals surface area contributed by atoms with Crippen LogP contribution in [0.1, 0.15) is 67.9 Å². The van der Waals surface area contributed by atoms with E-state index in [1.807, 2.05) is 52.0 Å². The molecule has 12 nitrogen and oxygen atoms in total. The first-order valence-electron chi connectivity index (χ1n) is 16.5. The van der Waals surface area contributed by atoms with Crippen LogP contribution in [0.4, 0.5) is 10.5 Å². The van der Waals surface area contributed by atoms with E-state index in [0.29, 0.717) is 36.0 Å². The summed E-state index contributed by atoms with van der Waals surface area (Å²) in [7, 11) is 0. The molecule has 1 fully saturated rings. The summed E-state index contributed by atoms with van der Waals surface area (Å²) in [6.45, 7) is 7.77. The number of anilines is 1. The third-order valence-corrected chi connectivity index (χ3v) is 8.81. The second-order valence-corrected chi connectivity index (χ2v) is 13.7. The number of nitrogens with one attached hydrogen (secondary N) is 5. The number of rotatable bonds is 10. The van der Waals surface area contributed by atoms with Crippen molar-refractivity contribution in [1.82, 2.24) is 20.8 Å². The average molecular weight is 670 g/mol. The van der Waals surface area contributed by atoms with E-state index in [0.717, 1.165) is 35.1 Å². The number of carboxylic acids is 1. The number of hydrogen-bond donors (Lipinski definition) is 6. The number of H-pyrrole nitrogens is 2. The van der Waals surface area contributed by atoms with Crippen molar-refractivity contribution >= 4 is 40.5 Å². The summed E-state index contributed by atoms with van der Waals surface area (Å²) in [5.74, 6) is -1.62. The molecule has 0 spiro atoms. The van der Waals surface area contributed by atoms with E-state index in [1.165, 1.54) is 0 Å². The number of fused-ring (bicyclic) bond motifs is 1. The van der Waals surface area contributed by atoms with Crippen molar-refractivity contribution in [2.75, 3.05) is 11.9 Å². The van der Waals surface area contributed by atoms with Crippen LogP contribution >= 0.6 is 0 Å². The van der Waals surface area contributed by atoms with Crippen LogP contribution < -0.4 is 21.5 Å². The fourth-order valence-electron chi connectivity index (χ4n) is 6.19. The van der Waals surface area contributed by atoms with E-state index in [2.05, 4.69) is 26.1 Å². The number of aromatic nitrogens is 2. The monoisotopic (exact) mass is 669 g/mol. The van der Waals surface area contributed by atoms with Gasteiger partial charge in [-0.25, -0.2) is 9.59 Å². The van der Waals surface area contributed by atoms with Gasteiger partial charge in [0.1, 0.15) is 11.6 Å². The van der Waals surface area contributed by atoms with Gasteiger partial charge in [-0.15, -0.1) is 0 Å². The molecular formula is C37H43N5O7. The number of aryl methyl sites for hydroxylation is 1. The van der Waals surface area contributed by atoms with Crippen LogP contribution in [0.5, 0.6) is 0 Å². The Balaban J connectivity index is 1.26. The summed E-state index contributed by atoms with van der Waals surface area (Å²) in [4.78, 5) is 62.6. The minimum atomic E-state index is -0.985. The summed E-state index contributed by atoms with van der Waals surface area (Å²) in [6.07, 6.45) is 2.55. The summed E-state index contributed by atoms with van der Waals surface area (Å²) >= 11 is 0. The summed E-state index contributed by atoms with van der Waals surface area (Å²) in [5.41, 5.74) is 3.85. The predicted molar refractivity (Wildman–Crippen MR) is 186 cm³/mol. The van der Waals surface area contributed by atoms with Gasteiger partial charge in [-0.3, -0.25) is 24.6 Å². The summed E-state index contributed by atoms with van der Waals surface area (Å²) in [5, 5.41) is 23.8. The quantitative estimate of drug-likeness (QED) is 0.128. The maximum Gasteiger partial charge on any atom is 0.407 e. The highest BCUT2D eigenvalue weighted by Crippen LogP contribution is 2.29. The Morgan fingerprint density at radius 1 is 0.939 bits per heavy atom. The number of carboxylic acid groups (broad SMARTS) is 1. The van der Waals surface area contributed by atoms with Gasteiger partial charge in [-0.2, -0.15) is 0 Å². The van der Waals surface area contributed by atoms with E-state index in [-0.39, 0.29) is 35.3 Å². The molecular weight excluding hydrogens is 626 g/mol. The molecule has 6 N–H and O–H groups in total. The molecule has 1 aliphatic rings. The van der Waals surface area contributed by atoms with E-state index in [9.17, 15) is 29.1 Å². The molecule has 5 rings (SSSR count). The Hall–Kier alpha value is -5.39. The predicted octanol–water partition coefficient (Wildman–Crippen LogP) is 5.53. The maximum absolute atomic E-state index is 13.7. The Bertz CT molecular complexity index is 1900. The zero-order valence-electron chi connectivity index (χ0n) is 28.1.